The molecule has 2 aromatic carbocycles. The maximum atomic E-state index is 5.63. The molecule has 0 spiro atoms. The monoisotopic (exact) mass is 373 g/mol. The van der Waals surface area contributed by atoms with Crippen molar-refractivity contribution in [3.05, 3.63) is 54.7 Å². The van der Waals surface area contributed by atoms with E-state index in [9.17, 15) is 0 Å². The fourth-order valence-electron chi connectivity index (χ4n) is 3.79. The quantitative estimate of drug-likeness (QED) is 0.497. The molecule has 28 heavy (non-hydrogen) atoms. The molecule has 3 aromatic rings. The number of para-hydroxylation sites is 1. The van der Waals surface area contributed by atoms with Crippen LogP contribution in [0.5, 0.6) is 5.75 Å². The number of nitrogens with zero attached hydrogens (tertiary/aromatic N) is 4. The first-order valence-electron chi connectivity index (χ1n) is 9.76. The van der Waals surface area contributed by atoms with Gasteiger partial charge in [-0.1, -0.05) is 18.2 Å². The van der Waals surface area contributed by atoms with Gasteiger partial charge < -0.3 is 15.0 Å². The molecule has 0 unspecified atom stereocenters. The van der Waals surface area contributed by atoms with Crippen molar-refractivity contribution in [3.8, 4) is 5.75 Å². The Hall–Kier alpha value is -3.28. The number of methoxy groups -OCH3 is 1. The molecule has 0 aliphatic carbocycles. The maximum Gasteiger partial charge on any atom is 0.229 e. The predicted molar refractivity (Wildman–Crippen MR) is 113 cm³/mol. The van der Waals surface area contributed by atoms with E-state index in [1.807, 2.05) is 30.5 Å². The Morgan fingerprint density at radius 3 is 2.57 bits per heavy atom. The molecule has 1 N–H and O–H groups in total. The molecule has 2 aliphatic rings. The van der Waals surface area contributed by atoms with Crippen LogP contribution in [0, 0.1) is 0 Å². The number of anilines is 6. The number of hydrogen-bond acceptors (Lipinski definition) is 6. The zero-order valence-electron chi connectivity index (χ0n) is 15.9. The van der Waals surface area contributed by atoms with E-state index >= 15 is 0 Å². The van der Waals surface area contributed by atoms with E-state index in [1.165, 1.54) is 24.9 Å². The first kappa shape index (κ1) is 16.9. The zero-order chi connectivity index (χ0) is 18.9. The van der Waals surface area contributed by atoms with Gasteiger partial charge in [0.1, 0.15) is 11.4 Å². The van der Waals surface area contributed by atoms with Gasteiger partial charge in [0, 0.05) is 30.5 Å². The second-order valence-corrected chi connectivity index (χ2v) is 7.13. The predicted octanol–water partition coefficient (Wildman–Crippen LogP) is 5.00. The van der Waals surface area contributed by atoms with E-state index in [-0.39, 0.29) is 0 Å². The van der Waals surface area contributed by atoms with Crippen molar-refractivity contribution in [1.82, 2.24) is 9.97 Å². The number of hydrogen-bond donors (Lipinski definition) is 1. The SMILES string of the molecule is COc1cc(N2CCCCC2)ccc1Nc1ncc2c(n1)N2c1ccccc1. The molecule has 3 heterocycles. The third-order valence-corrected chi connectivity index (χ3v) is 5.32. The summed E-state index contributed by atoms with van der Waals surface area (Å²) in [5.41, 5.74) is 4.23. The first-order valence-corrected chi connectivity index (χ1v) is 9.76. The van der Waals surface area contributed by atoms with Crippen LogP contribution in [0.25, 0.3) is 0 Å². The van der Waals surface area contributed by atoms with Crippen LogP contribution >= 0.6 is 0 Å². The standard InChI is InChI=1S/C22H23N5O/c1-28-20-14-17(26-12-6-3-7-13-26)10-11-18(20)24-22-23-15-19-21(25-22)27(19)16-8-4-2-5-9-16/h2,4-5,8-11,14-15H,3,6-7,12-13H2,1H3,(H,23,24,25). The second-order valence-electron chi connectivity index (χ2n) is 7.13. The highest BCUT2D eigenvalue weighted by atomic mass is 16.5. The number of benzene rings is 2. The Bertz CT molecular complexity index is 985. The van der Waals surface area contributed by atoms with Crippen LogP contribution in [0.1, 0.15) is 19.3 Å². The normalized spacial score (nSPS) is 15.2. The number of ether oxygens (including phenoxy) is 1. The van der Waals surface area contributed by atoms with Crippen LogP contribution in [0.15, 0.2) is 54.7 Å². The molecule has 1 fully saturated rings. The van der Waals surface area contributed by atoms with Gasteiger partial charge in [-0.3, -0.25) is 4.90 Å². The molecule has 1 saturated heterocycles. The molecule has 1 aromatic heterocycles. The molecular formula is C22H23N5O. The molecular weight excluding hydrogens is 350 g/mol. The lowest BCUT2D eigenvalue weighted by molar-refractivity contribution is 0.416. The van der Waals surface area contributed by atoms with Gasteiger partial charge in [0.25, 0.3) is 0 Å². The average Bonchev–Trinajstić information content (AvgIpc) is 3.48. The van der Waals surface area contributed by atoms with Crippen molar-refractivity contribution >= 4 is 34.5 Å². The van der Waals surface area contributed by atoms with E-state index in [2.05, 4.69) is 49.4 Å². The van der Waals surface area contributed by atoms with Crippen LogP contribution in [0.2, 0.25) is 0 Å². The smallest absolute Gasteiger partial charge is 0.229 e. The minimum atomic E-state index is 0.571. The van der Waals surface area contributed by atoms with Gasteiger partial charge in [0.2, 0.25) is 5.95 Å². The summed E-state index contributed by atoms with van der Waals surface area (Å²) in [4.78, 5) is 13.6. The fourth-order valence-corrected chi connectivity index (χ4v) is 3.79. The first-order chi connectivity index (χ1) is 13.8. The van der Waals surface area contributed by atoms with Crippen LogP contribution in [0.3, 0.4) is 0 Å². The molecule has 0 amide bonds. The van der Waals surface area contributed by atoms with Gasteiger partial charge in [-0.2, -0.15) is 4.98 Å². The summed E-state index contributed by atoms with van der Waals surface area (Å²) in [5.74, 6) is 2.31. The summed E-state index contributed by atoms with van der Waals surface area (Å²) in [6.45, 7) is 2.22. The van der Waals surface area contributed by atoms with Crippen molar-refractivity contribution in [2.45, 2.75) is 19.3 Å². The lowest BCUT2D eigenvalue weighted by Gasteiger charge is -2.29. The van der Waals surface area contributed by atoms with Crippen molar-refractivity contribution in [2.75, 3.05) is 35.3 Å². The fraction of sp³-hybridized carbons (Fsp3) is 0.273. The molecule has 0 radical (unpaired) electrons. The summed E-state index contributed by atoms with van der Waals surface area (Å²) in [6.07, 6.45) is 5.68. The van der Waals surface area contributed by atoms with E-state index < -0.39 is 0 Å². The van der Waals surface area contributed by atoms with Crippen molar-refractivity contribution in [3.63, 3.8) is 0 Å². The van der Waals surface area contributed by atoms with Gasteiger partial charge in [-0.05, 0) is 43.5 Å². The molecule has 0 atom stereocenters. The highest BCUT2D eigenvalue weighted by molar-refractivity contribution is 5.98. The van der Waals surface area contributed by atoms with Crippen LogP contribution in [-0.2, 0) is 0 Å². The highest BCUT2D eigenvalue weighted by Crippen LogP contribution is 2.51. The summed E-state index contributed by atoms with van der Waals surface area (Å²) in [5, 5.41) is 3.31. The van der Waals surface area contributed by atoms with Crippen molar-refractivity contribution in [2.24, 2.45) is 0 Å². The maximum absolute atomic E-state index is 5.63. The molecule has 2 aliphatic heterocycles. The summed E-state index contributed by atoms with van der Waals surface area (Å²) < 4.78 is 5.63. The zero-order valence-corrected chi connectivity index (χ0v) is 15.9. The van der Waals surface area contributed by atoms with E-state index in [4.69, 9.17) is 4.74 Å². The van der Waals surface area contributed by atoms with Gasteiger partial charge in [-0.15, -0.1) is 0 Å². The summed E-state index contributed by atoms with van der Waals surface area (Å²) in [7, 11) is 1.70. The Labute approximate surface area is 164 Å². The van der Waals surface area contributed by atoms with Gasteiger partial charge in [-0.25, -0.2) is 4.98 Å². The number of fused-ring (bicyclic) bond motifs is 1. The molecule has 6 nitrogen and oxygen atoms in total. The molecule has 0 saturated carbocycles. The van der Waals surface area contributed by atoms with Crippen LogP contribution in [-0.4, -0.2) is 30.2 Å². The van der Waals surface area contributed by atoms with E-state index in [0.29, 0.717) is 5.95 Å². The van der Waals surface area contributed by atoms with Gasteiger partial charge in [0.15, 0.2) is 5.82 Å². The lowest BCUT2D eigenvalue weighted by Crippen LogP contribution is -2.29. The Balaban J connectivity index is 1.35. The van der Waals surface area contributed by atoms with Gasteiger partial charge in [0.05, 0.1) is 19.0 Å². The van der Waals surface area contributed by atoms with Gasteiger partial charge >= 0.3 is 0 Å². The molecule has 6 heteroatoms. The van der Waals surface area contributed by atoms with E-state index in [1.54, 1.807) is 7.11 Å². The molecule has 142 valence electrons. The van der Waals surface area contributed by atoms with Crippen molar-refractivity contribution < 1.29 is 4.74 Å². The average molecular weight is 373 g/mol. The summed E-state index contributed by atoms with van der Waals surface area (Å²) >= 11 is 0. The summed E-state index contributed by atoms with van der Waals surface area (Å²) in [6, 6.07) is 16.5. The number of aromatic nitrogens is 2. The highest BCUT2D eigenvalue weighted by Gasteiger charge is 2.33. The Kier molecular flexibility index (Phi) is 4.24. The Morgan fingerprint density at radius 1 is 0.964 bits per heavy atom. The largest absolute Gasteiger partial charge is 0.494 e. The minimum absolute atomic E-state index is 0.571. The molecule has 5 rings (SSSR count). The number of nitrogens with one attached hydrogen (secondary N) is 1. The number of piperidine rings is 1. The van der Waals surface area contributed by atoms with E-state index in [0.717, 1.165) is 41.7 Å². The van der Waals surface area contributed by atoms with Crippen molar-refractivity contribution in [1.29, 1.82) is 0 Å². The topological polar surface area (TPSA) is 53.3 Å². The van der Waals surface area contributed by atoms with Crippen LogP contribution < -0.4 is 19.9 Å². The third-order valence-electron chi connectivity index (χ3n) is 5.32. The Morgan fingerprint density at radius 2 is 1.79 bits per heavy atom. The number of rotatable bonds is 5. The molecule has 0 bridgehead atoms. The van der Waals surface area contributed by atoms with Crippen LogP contribution in [0.4, 0.5) is 34.5 Å². The second kappa shape index (κ2) is 7.03. The lowest BCUT2D eigenvalue weighted by atomic mass is 10.1. The minimum Gasteiger partial charge on any atom is -0.494 e. The third kappa shape index (κ3) is 3.11.